The molecule has 1 N–H and O–H groups in total. The number of aryl methyl sites for hydroxylation is 2. The Morgan fingerprint density at radius 2 is 2.16 bits per heavy atom. The quantitative estimate of drug-likeness (QED) is 0.904. The number of hydrogen-bond donors (Lipinski definition) is 1. The lowest BCUT2D eigenvalue weighted by Gasteiger charge is -2.39. The Bertz CT molecular complexity index is 739. The van der Waals surface area contributed by atoms with Crippen LogP contribution in [-0.4, -0.2) is 42.2 Å². The van der Waals surface area contributed by atoms with E-state index >= 15 is 0 Å². The highest BCUT2D eigenvalue weighted by molar-refractivity contribution is 5.65. The Morgan fingerprint density at radius 3 is 2.80 bits per heavy atom. The SMILES string of the molecule is COc1cc(N2CCOC(C)(C)C2)ccc1NCc1cn(C)nc1C. The van der Waals surface area contributed by atoms with Crippen LogP contribution in [0.15, 0.2) is 24.4 Å². The second-order valence-electron chi connectivity index (χ2n) is 7.18. The molecule has 0 radical (unpaired) electrons. The first-order chi connectivity index (χ1) is 11.9. The second kappa shape index (κ2) is 6.96. The zero-order chi connectivity index (χ0) is 18.0. The molecule has 136 valence electrons. The maximum atomic E-state index is 5.80. The van der Waals surface area contributed by atoms with E-state index in [1.165, 1.54) is 5.56 Å². The van der Waals surface area contributed by atoms with Gasteiger partial charge in [0.25, 0.3) is 0 Å². The number of nitrogens with zero attached hydrogens (tertiary/aromatic N) is 3. The van der Waals surface area contributed by atoms with Crippen molar-refractivity contribution in [1.82, 2.24) is 9.78 Å². The van der Waals surface area contributed by atoms with E-state index in [2.05, 4.69) is 47.4 Å². The number of morpholine rings is 1. The summed E-state index contributed by atoms with van der Waals surface area (Å²) in [4.78, 5) is 2.35. The monoisotopic (exact) mass is 344 g/mol. The molecule has 0 saturated carbocycles. The van der Waals surface area contributed by atoms with Gasteiger partial charge in [-0.25, -0.2) is 0 Å². The van der Waals surface area contributed by atoms with Gasteiger partial charge in [0.05, 0.1) is 30.7 Å². The summed E-state index contributed by atoms with van der Waals surface area (Å²) in [6.07, 6.45) is 2.04. The van der Waals surface area contributed by atoms with Crippen molar-refractivity contribution >= 4 is 11.4 Å². The Hall–Kier alpha value is -2.21. The van der Waals surface area contributed by atoms with E-state index < -0.39 is 0 Å². The van der Waals surface area contributed by atoms with E-state index in [1.54, 1.807) is 7.11 Å². The number of methoxy groups -OCH3 is 1. The average Bonchev–Trinajstić information content (AvgIpc) is 2.89. The first kappa shape index (κ1) is 17.6. The summed E-state index contributed by atoms with van der Waals surface area (Å²) in [5, 5.41) is 7.84. The summed E-state index contributed by atoms with van der Waals surface area (Å²) >= 11 is 0. The zero-order valence-corrected chi connectivity index (χ0v) is 15.8. The van der Waals surface area contributed by atoms with Crippen LogP contribution in [0.5, 0.6) is 5.75 Å². The molecule has 0 unspecified atom stereocenters. The van der Waals surface area contributed by atoms with Gasteiger partial charge in [-0.2, -0.15) is 5.10 Å². The summed E-state index contributed by atoms with van der Waals surface area (Å²) in [5.74, 6) is 0.850. The number of ether oxygens (including phenoxy) is 2. The molecular weight excluding hydrogens is 316 g/mol. The summed E-state index contributed by atoms with van der Waals surface area (Å²) in [6, 6.07) is 6.32. The van der Waals surface area contributed by atoms with Gasteiger partial charge in [-0.1, -0.05) is 0 Å². The minimum atomic E-state index is -0.125. The molecule has 3 rings (SSSR count). The topological polar surface area (TPSA) is 51.6 Å². The fourth-order valence-electron chi connectivity index (χ4n) is 3.27. The van der Waals surface area contributed by atoms with Gasteiger partial charge in [-0.3, -0.25) is 4.68 Å². The molecule has 25 heavy (non-hydrogen) atoms. The van der Waals surface area contributed by atoms with Crippen molar-refractivity contribution in [3.8, 4) is 5.75 Å². The average molecular weight is 344 g/mol. The Morgan fingerprint density at radius 1 is 1.36 bits per heavy atom. The first-order valence-electron chi connectivity index (χ1n) is 8.68. The lowest BCUT2D eigenvalue weighted by Crippen LogP contribution is -2.48. The van der Waals surface area contributed by atoms with Gasteiger partial charge in [0, 0.05) is 50.2 Å². The molecule has 2 heterocycles. The number of nitrogens with one attached hydrogen (secondary N) is 1. The van der Waals surface area contributed by atoms with E-state index in [-0.39, 0.29) is 5.60 Å². The molecule has 0 bridgehead atoms. The number of benzene rings is 1. The van der Waals surface area contributed by atoms with Crippen molar-refractivity contribution < 1.29 is 9.47 Å². The molecule has 6 nitrogen and oxygen atoms in total. The molecule has 1 aliphatic heterocycles. The van der Waals surface area contributed by atoms with Crippen LogP contribution in [0.4, 0.5) is 11.4 Å². The molecule has 1 aromatic carbocycles. The number of hydrogen-bond acceptors (Lipinski definition) is 5. The summed E-state index contributed by atoms with van der Waals surface area (Å²) in [6.45, 7) is 9.52. The zero-order valence-electron chi connectivity index (χ0n) is 15.8. The van der Waals surface area contributed by atoms with Crippen LogP contribution < -0.4 is 15.0 Å². The Kier molecular flexibility index (Phi) is 4.90. The van der Waals surface area contributed by atoms with Crippen LogP contribution in [0.2, 0.25) is 0 Å². The Balaban J connectivity index is 1.74. The molecular formula is C19H28N4O2. The van der Waals surface area contributed by atoms with Gasteiger partial charge in [-0.05, 0) is 32.9 Å². The van der Waals surface area contributed by atoms with Gasteiger partial charge < -0.3 is 19.7 Å². The minimum absolute atomic E-state index is 0.125. The van der Waals surface area contributed by atoms with Crippen molar-refractivity contribution in [2.75, 3.05) is 37.0 Å². The third kappa shape index (κ3) is 4.07. The van der Waals surface area contributed by atoms with Crippen LogP contribution >= 0.6 is 0 Å². The van der Waals surface area contributed by atoms with Gasteiger partial charge in [0.1, 0.15) is 5.75 Å². The van der Waals surface area contributed by atoms with Gasteiger partial charge >= 0.3 is 0 Å². The highest BCUT2D eigenvalue weighted by Gasteiger charge is 2.27. The van der Waals surface area contributed by atoms with Crippen LogP contribution in [0.1, 0.15) is 25.1 Å². The fourth-order valence-corrected chi connectivity index (χ4v) is 3.27. The third-order valence-corrected chi connectivity index (χ3v) is 4.56. The van der Waals surface area contributed by atoms with Crippen molar-refractivity contribution in [2.24, 2.45) is 7.05 Å². The smallest absolute Gasteiger partial charge is 0.144 e. The molecule has 1 aliphatic rings. The van der Waals surface area contributed by atoms with Crippen LogP contribution in [0.3, 0.4) is 0 Å². The number of aromatic nitrogens is 2. The predicted octanol–water partition coefficient (Wildman–Crippen LogP) is 2.96. The predicted molar refractivity (Wildman–Crippen MR) is 101 cm³/mol. The largest absolute Gasteiger partial charge is 0.495 e. The normalized spacial score (nSPS) is 16.8. The molecule has 0 amide bonds. The molecule has 6 heteroatoms. The molecule has 1 fully saturated rings. The molecule has 0 atom stereocenters. The maximum absolute atomic E-state index is 5.80. The first-order valence-corrected chi connectivity index (χ1v) is 8.68. The molecule has 0 spiro atoms. The molecule has 0 aliphatic carbocycles. The minimum Gasteiger partial charge on any atom is -0.495 e. The van der Waals surface area contributed by atoms with Crippen molar-refractivity contribution in [3.63, 3.8) is 0 Å². The Labute approximate surface area is 149 Å². The summed E-state index contributed by atoms with van der Waals surface area (Å²) in [5.41, 5.74) is 4.25. The van der Waals surface area contributed by atoms with Crippen LogP contribution in [-0.2, 0) is 18.3 Å². The summed E-state index contributed by atoms with van der Waals surface area (Å²) in [7, 11) is 3.65. The van der Waals surface area contributed by atoms with Crippen molar-refractivity contribution in [3.05, 3.63) is 35.7 Å². The highest BCUT2D eigenvalue weighted by atomic mass is 16.5. The van der Waals surface area contributed by atoms with Crippen LogP contribution in [0, 0.1) is 6.92 Å². The van der Waals surface area contributed by atoms with Gasteiger partial charge in [0.15, 0.2) is 0 Å². The molecule has 1 saturated heterocycles. The number of rotatable bonds is 5. The second-order valence-corrected chi connectivity index (χ2v) is 7.18. The van der Waals surface area contributed by atoms with E-state index in [9.17, 15) is 0 Å². The van der Waals surface area contributed by atoms with Crippen LogP contribution in [0.25, 0.3) is 0 Å². The lowest BCUT2D eigenvalue weighted by molar-refractivity contribution is -0.0277. The maximum Gasteiger partial charge on any atom is 0.144 e. The number of anilines is 2. The van der Waals surface area contributed by atoms with E-state index in [0.29, 0.717) is 0 Å². The fraction of sp³-hybridized carbons (Fsp3) is 0.526. The van der Waals surface area contributed by atoms with Gasteiger partial charge in [0.2, 0.25) is 0 Å². The van der Waals surface area contributed by atoms with E-state index in [4.69, 9.17) is 9.47 Å². The molecule has 1 aromatic heterocycles. The summed E-state index contributed by atoms with van der Waals surface area (Å²) < 4.78 is 13.3. The van der Waals surface area contributed by atoms with E-state index in [0.717, 1.165) is 49.1 Å². The molecule has 2 aromatic rings. The lowest BCUT2D eigenvalue weighted by atomic mass is 10.1. The van der Waals surface area contributed by atoms with Crippen molar-refractivity contribution in [1.29, 1.82) is 0 Å². The van der Waals surface area contributed by atoms with Crippen molar-refractivity contribution in [2.45, 2.75) is 32.9 Å². The highest BCUT2D eigenvalue weighted by Crippen LogP contribution is 2.32. The van der Waals surface area contributed by atoms with Gasteiger partial charge in [-0.15, -0.1) is 0 Å². The van der Waals surface area contributed by atoms with E-state index in [1.807, 2.05) is 24.9 Å². The third-order valence-electron chi connectivity index (χ3n) is 4.56. The standard InChI is InChI=1S/C19H28N4O2/c1-14-15(12-22(4)21-14)11-20-17-7-6-16(10-18(17)24-5)23-8-9-25-19(2,3)13-23/h6-7,10,12,20H,8-9,11,13H2,1-5H3.